The van der Waals surface area contributed by atoms with Crippen molar-refractivity contribution in [3.05, 3.63) is 57.8 Å². The maximum Gasteiger partial charge on any atom is 0.341 e. The molecule has 2 rings (SSSR count). The van der Waals surface area contributed by atoms with E-state index in [-0.39, 0.29) is 11.3 Å². The lowest BCUT2D eigenvalue weighted by Crippen LogP contribution is -2.21. The van der Waals surface area contributed by atoms with Gasteiger partial charge >= 0.3 is 5.97 Å². The Bertz CT molecular complexity index is 779. The first-order valence-electron chi connectivity index (χ1n) is 6.97. The fraction of sp³-hybridized carbons (Fsp3) is 0.176. The Hall–Kier alpha value is -2.41. The molecule has 7 heteroatoms. The summed E-state index contributed by atoms with van der Waals surface area (Å²) in [5.74, 6) is -1.92. The summed E-state index contributed by atoms with van der Waals surface area (Å²) in [6.45, 7) is 1.32. The summed E-state index contributed by atoms with van der Waals surface area (Å²) in [4.78, 5) is 23.7. The standard InChI is InChI=1S/C17H15BrFNO4/c1-10-7-11(18)3-6-15(10)20-16(21)9-24-17(22)13-5-4-12(23-2)8-14(13)19/h3-8H,9H2,1-2H3,(H,20,21). The molecule has 0 saturated heterocycles. The summed E-state index contributed by atoms with van der Waals surface area (Å²) in [7, 11) is 1.39. The molecule has 0 bridgehead atoms. The van der Waals surface area contributed by atoms with E-state index in [1.807, 2.05) is 13.0 Å². The fourth-order valence-corrected chi connectivity index (χ4v) is 2.43. The molecule has 0 spiro atoms. The number of carbonyl (C=O) groups is 2. The topological polar surface area (TPSA) is 64.6 Å². The van der Waals surface area contributed by atoms with Crippen LogP contribution in [0.25, 0.3) is 0 Å². The lowest BCUT2D eigenvalue weighted by Gasteiger charge is -2.10. The van der Waals surface area contributed by atoms with E-state index in [1.165, 1.54) is 19.2 Å². The first-order valence-corrected chi connectivity index (χ1v) is 7.76. The van der Waals surface area contributed by atoms with Gasteiger partial charge in [0.25, 0.3) is 5.91 Å². The minimum Gasteiger partial charge on any atom is -0.497 e. The van der Waals surface area contributed by atoms with E-state index in [9.17, 15) is 14.0 Å². The molecule has 1 amide bonds. The molecule has 0 aliphatic rings. The van der Waals surface area contributed by atoms with Crippen LogP contribution in [0.3, 0.4) is 0 Å². The minimum atomic E-state index is -0.919. The molecule has 0 aliphatic carbocycles. The summed E-state index contributed by atoms with van der Waals surface area (Å²) < 4.78 is 24.3. The number of rotatable bonds is 5. The number of carbonyl (C=O) groups excluding carboxylic acids is 2. The van der Waals surface area contributed by atoms with E-state index in [1.54, 1.807) is 12.1 Å². The molecule has 2 aromatic rings. The van der Waals surface area contributed by atoms with Crippen molar-refractivity contribution >= 4 is 33.5 Å². The Labute approximate surface area is 146 Å². The van der Waals surface area contributed by atoms with E-state index >= 15 is 0 Å². The summed E-state index contributed by atoms with van der Waals surface area (Å²) >= 11 is 3.33. The van der Waals surface area contributed by atoms with Crippen LogP contribution in [0.4, 0.5) is 10.1 Å². The Morgan fingerprint density at radius 2 is 1.96 bits per heavy atom. The van der Waals surface area contributed by atoms with Crippen LogP contribution in [0.15, 0.2) is 40.9 Å². The van der Waals surface area contributed by atoms with Gasteiger partial charge in [-0.25, -0.2) is 9.18 Å². The Morgan fingerprint density at radius 3 is 2.58 bits per heavy atom. The SMILES string of the molecule is COc1ccc(C(=O)OCC(=O)Nc2ccc(Br)cc2C)c(F)c1. The highest BCUT2D eigenvalue weighted by Crippen LogP contribution is 2.20. The predicted molar refractivity (Wildman–Crippen MR) is 90.7 cm³/mol. The third-order valence-corrected chi connectivity index (χ3v) is 3.69. The van der Waals surface area contributed by atoms with Crippen LogP contribution in [0.1, 0.15) is 15.9 Å². The van der Waals surface area contributed by atoms with Gasteiger partial charge in [0.2, 0.25) is 0 Å². The van der Waals surface area contributed by atoms with Crippen molar-refractivity contribution in [3.63, 3.8) is 0 Å². The van der Waals surface area contributed by atoms with Gasteiger partial charge in [-0.3, -0.25) is 4.79 Å². The molecule has 5 nitrogen and oxygen atoms in total. The molecular formula is C17H15BrFNO4. The van der Waals surface area contributed by atoms with Crippen molar-refractivity contribution in [1.82, 2.24) is 0 Å². The van der Waals surface area contributed by atoms with Gasteiger partial charge in [0, 0.05) is 16.2 Å². The quantitative estimate of drug-likeness (QED) is 0.783. The molecule has 0 heterocycles. The average Bonchev–Trinajstić information content (AvgIpc) is 2.55. The van der Waals surface area contributed by atoms with Gasteiger partial charge in [0.1, 0.15) is 11.6 Å². The number of anilines is 1. The Kier molecular flexibility index (Phi) is 5.92. The molecule has 24 heavy (non-hydrogen) atoms. The minimum absolute atomic E-state index is 0.261. The van der Waals surface area contributed by atoms with Gasteiger partial charge in [0.15, 0.2) is 6.61 Å². The number of benzene rings is 2. The largest absolute Gasteiger partial charge is 0.497 e. The van der Waals surface area contributed by atoms with Gasteiger partial charge in [-0.05, 0) is 42.8 Å². The molecule has 0 aliphatic heterocycles. The molecule has 0 aromatic heterocycles. The van der Waals surface area contributed by atoms with Gasteiger partial charge < -0.3 is 14.8 Å². The average molecular weight is 396 g/mol. The number of ether oxygens (including phenoxy) is 2. The lowest BCUT2D eigenvalue weighted by atomic mass is 10.2. The second-order valence-electron chi connectivity index (χ2n) is 4.93. The Morgan fingerprint density at radius 1 is 1.21 bits per heavy atom. The highest BCUT2D eigenvalue weighted by molar-refractivity contribution is 9.10. The van der Waals surface area contributed by atoms with Crippen LogP contribution < -0.4 is 10.1 Å². The first-order chi connectivity index (χ1) is 11.4. The molecule has 1 N–H and O–H groups in total. The highest BCUT2D eigenvalue weighted by Gasteiger charge is 2.16. The van der Waals surface area contributed by atoms with E-state index in [0.717, 1.165) is 16.1 Å². The Balaban J connectivity index is 1.95. The van der Waals surface area contributed by atoms with E-state index in [0.29, 0.717) is 5.69 Å². The van der Waals surface area contributed by atoms with Gasteiger partial charge in [-0.2, -0.15) is 0 Å². The molecule has 2 aromatic carbocycles. The molecule has 126 valence electrons. The maximum absolute atomic E-state index is 13.8. The molecule has 0 saturated carbocycles. The van der Waals surface area contributed by atoms with E-state index < -0.39 is 24.3 Å². The number of aryl methyl sites for hydroxylation is 1. The number of nitrogens with one attached hydrogen (secondary N) is 1. The van der Waals surface area contributed by atoms with Crippen LogP contribution in [-0.2, 0) is 9.53 Å². The van der Waals surface area contributed by atoms with Crippen LogP contribution in [0.2, 0.25) is 0 Å². The van der Waals surface area contributed by atoms with Gasteiger partial charge in [0.05, 0.1) is 12.7 Å². The fourth-order valence-electron chi connectivity index (χ4n) is 1.95. The maximum atomic E-state index is 13.8. The number of amides is 1. The summed E-state index contributed by atoms with van der Waals surface area (Å²) in [6, 6.07) is 9.10. The van der Waals surface area contributed by atoms with Crippen molar-refractivity contribution in [2.75, 3.05) is 19.0 Å². The van der Waals surface area contributed by atoms with Crippen LogP contribution >= 0.6 is 15.9 Å². The third kappa shape index (κ3) is 4.55. The van der Waals surface area contributed by atoms with Crippen LogP contribution in [0.5, 0.6) is 5.75 Å². The normalized spacial score (nSPS) is 10.2. The summed E-state index contributed by atoms with van der Waals surface area (Å²) in [5, 5.41) is 2.63. The zero-order chi connectivity index (χ0) is 17.7. The second kappa shape index (κ2) is 7.92. The predicted octanol–water partition coefficient (Wildman–Crippen LogP) is 3.70. The van der Waals surface area contributed by atoms with Crippen molar-refractivity contribution in [2.45, 2.75) is 6.92 Å². The van der Waals surface area contributed by atoms with Crippen molar-refractivity contribution < 1.29 is 23.5 Å². The smallest absolute Gasteiger partial charge is 0.341 e. The monoisotopic (exact) mass is 395 g/mol. The van der Waals surface area contributed by atoms with E-state index in [2.05, 4.69) is 21.2 Å². The van der Waals surface area contributed by atoms with Crippen molar-refractivity contribution in [1.29, 1.82) is 0 Å². The van der Waals surface area contributed by atoms with Crippen molar-refractivity contribution in [2.24, 2.45) is 0 Å². The zero-order valence-corrected chi connectivity index (χ0v) is 14.6. The second-order valence-corrected chi connectivity index (χ2v) is 5.85. The van der Waals surface area contributed by atoms with Crippen molar-refractivity contribution in [3.8, 4) is 5.75 Å². The molecular weight excluding hydrogens is 381 g/mol. The van der Waals surface area contributed by atoms with Gasteiger partial charge in [-0.1, -0.05) is 15.9 Å². The molecule has 0 unspecified atom stereocenters. The summed E-state index contributed by atoms with van der Waals surface area (Å²) in [5.41, 5.74) is 1.20. The third-order valence-electron chi connectivity index (χ3n) is 3.19. The number of methoxy groups -OCH3 is 1. The first kappa shape index (κ1) is 17.9. The summed E-state index contributed by atoms with van der Waals surface area (Å²) in [6.07, 6.45) is 0. The van der Waals surface area contributed by atoms with E-state index in [4.69, 9.17) is 9.47 Å². The molecule has 0 radical (unpaired) electrons. The van der Waals surface area contributed by atoms with Gasteiger partial charge in [-0.15, -0.1) is 0 Å². The number of halogens is 2. The zero-order valence-electron chi connectivity index (χ0n) is 13.1. The lowest BCUT2D eigenvalue weighted by molar-refractivity contribution is -0.119. The number of esters is 1. The van der Waals surface area contributed by atoms with Crippen LogP contribution in [-0.4, -0.2) is 25.6 Å². The molecule has 0 atom stereocenters. The molecule has 0 fully saturated rings. The highest BCUT2D eigenvalue weighted by atomic mass is 79.9. The number of hydrogen-bond acceptors (Lipinski definition) is 4. The number of hydrogen-bond donors (Lipinski definition) is 1. The van der Waals surface area contributed by atoms with Crippen LogP contribution in [0, 0.1) is 12.7 Å².